The van der Waals surface area contributed by atoms with E-state index in [-0.39, 0.29) is 0 Å². The lowest BCUT2D eigenvalue weighted by atomic mass is 10.2. The zero-order chi connectivity index (χ0) is 11.0. The van der Waals surface area contributed by atoms with Crippen LogP contribution in [0.15, 0.2) is 18.3 Å². The van der Waals surface area contributed by atoms with Crippen molar-refractivity contribution in [3.05, 3.63) is 23.9 Å². The fourth-order valence-corrected chi connectivity index (χ4v) is 2.78. The van der Waals surface area contributed by atoms with Crippen LogP contribution in [-0.2, 0) is 0 Å². The number of fused-ring (bicyclic) bond motifs is 2. The molecule has 3 heterocycles. The van der Waals surface area contributed by atoms with Gasteiger partial charge in [0, 0.05) is 31.4 Å². The number of piperazine rings is 1. The normalized spacial score (nSPS) is 27.8. The summed E-state index contributed by atoms with van der Waals surface area (Å²) in [7, 11) is 0. The van der Waals surface area contributed by atoms with Crippen molar-refractivity contribution in [2.75, 3.05) is 18.0 Å². The summed E-state index contributed by atoms with van der Waals surface area (Å²) in [6, 6.07) is 6.94. The quantitative estimate of drug-likeness (QED) is 0.754. The van der Waals surface area contributed by atoms with Gasteiger partial charge >= 0.3 is 0 Å². The first kappa shape index (κ1) is 9.61. The molecule has 3 rings (SSSR count). The summed E-state index contributed by atoms with van der Waals surface area (Å²) in [6.07, 6.45) is 4.20. The van der Waals surface area contributed by atoms with Crippen LogP contribution in [0.5, 0.6) is 0 Å². The van der Waals surface area contributed by atoms with Crippen molar-refractivity contribution >= 4 is 5.82 Å². The minimum atomic E-state index is 0.556. The Morgan fingerprint density at radius 1 is 1.38 bits per heavy atom. The lowest BCUT2D eigenvalue weighted by Crippen LogP contribution is -2.52. The Balaban J connectivity index is 1.94. The number of pyridine rings is 1. The zero-order valence-electron chi connectivity index (χ0n) is 9.06. The first-order valence-corrected chi connectivity index (χ1v) is 5.73. The molecule has 1 N–H and O–H groups in total. The van der Waals surface area contributed by atoms with E-state index in [2.05, 4.69) is 21.3 Å². The first-order chi connectivity index (χ1) is 7.88. The number of hydrogen-bond acceptors (Lipinski definition) is 4. The maximum atomic E-state index is 8.90. The highest BCUT2D eigenvalue weighted by Crippen LogP contribution is 2.31. The van der Waals surface area contributed by atoms with Gasteiger partial charge in [-0.05, 0) is 25.0 Å². The summed E-state index contributed by atoms with van der Waals surface area (Å²) in [5.74, 6) is 0.966. The Bertz CT molecular complexity index is 421. The lowest BCUT2D eigenvalue weighted by Gasteiger charge is -2.36. The number of nitrogens with zero attached hydrogens (tertiary/aromatic N) is 3. The predicted octanol–water partition coefficient (Wildman–Crippen LogP) is 0.894. The van der Waals surface area contributed by atoms with Gasteiger partial charge in [-0.1, -0.05) is 0 Å². The molecule has 0 spiro atoms. The second kappa shape index (κ2) is 3.76. The van der Waals surface area contributed by atoms with Gasteiger partial charge in [-0.25, -0.2) is 4.98 Å². The second-order valence-electron chi connectivity index (χ2n) is 4.47. The van der Waals surface area contributed by atoms with Crippen LogP contribution in [0.4, 0.5) is 5.82 Å². The fourth-order valence-electron chi connectivity index (χ4n) is 2.78. The van der Waals surface area contributed by atoms with Crippen molar-refractivity contribution in [2.24, 2.45) is 0 Å². The van der Waals surface area contributed by atoms with E-state index in [1.165, 1.54) is 12.8 Å². The third-order valence-electron chi connectivity index (χ3n) is 3.52. The Labute approximate surface area is 94.9 Å². The first-order valence-electron chi connectivity index (χ1n) is 5.73. The van der Waals surface area contributed by atoms with Crippen molar-refractivity contribution in [1.82, 2.24) is 10.3 Å². The SMILES string of the molecule is N#Cc1ccnc(N2C3CCC2CNC3)c1. The fraction of sp³-hybridized carbons (Fsp3) is 0.500. The van der Waals surface area contributed by atoms with E-state index < -0.39 is 0 Å². The van der Waals surface area contributed by atoms with Crippen LogP contribution in [0.3, 0.4) is 0 Å². The van der Waals surface area contributed by atoms with Gasteiger partial charge in [0.15, 0.2) is 0 Å². The maximum absolute atomic E-state index is 8.90. The molecule has 2 bridgehead atoms. The van der Waals surface area contributed by atoms with Crippen molar-refractivity contribution in [1.29, 1.82) is 5.26 Å². The van der Waals surface area contributed by atoms with E-state index in [4.69, 9.17) is 5.26 Å². The highest BCUT2D eigenvalue weighted by atomic mass is 15.3. The molecule has 16 heavy (non-hydrogen) atoms. The van der Waals surface area contributed by atoms with Gasteiger partial charge in [0.25, 0.3) is 0 Å². The van der Waals surface area contributed by atoms with Gasteiger partial charge in [0.05, 0.1) is 11.6 Å². The van der Waals surface area contributed by atoms with Crippen molar-refractivity contribution < 1.29 is 0 Å². The number of hydrogen-bond donors (Lipinski definition) is 1. The van der Waals surface area contributed by atoms with Crippen LogP contribution in [0.25, 0.3) is 0 Å². The van der Waals surface area contributed by atoms with E-state index in [1.54, 1.807) is 12.3 Å². The van der Waals surface area contributed by atoms with Crippen LogP contribution in [0.2, 0.25) is 0 Å². The minimum absolute atomic E-state index is 0.556. The smallest absolute Gasteiger partial charge is 0.130 e. The Kier molecular flexibility index (Phi) is 2.26. The van der Waals surface area contributed by atoms with Crippen LogP contribution in [-0.4, -0.2) is 30.2 Å². The highest BCUT2D eigenvalue weighted by molar-refractivity contribution is 5.48. The van der Waals surface area contributed by atoms with Crippen molar-refractivity contribution in [3.63, 3.8) is 0 Å². The van der Waals surface area contributed by atoms with Gasteiger partial charge in [-0.3, -0.25) is 0 Å². The van der Waals surface area contributed by atoms with Gasteiger partial charge in [-0.15, -0.1) is 0 Å². The molecule has 2 aliphatic heterocycles. The van der Waals surface area contributed by atoms with Crippen LogP contribution in [0.1, 0.15) is 18.4 Å². The molecular weight excluding hydrogens is 200 g/mol. The Morgan fingerprint density at radius 3 is 2.81 bits per heavy atom. The van der Waals surface area contributed by atoms with Crippen LogP contribution in [0, 0.1) is 11.3 Å². The highest BCUT2D eigenvalue weighted by Gasteiger charge is 2.37. The predicted molar refractivity (Wildman–Crippen MR) is 61.1 cm³/mol. The molecule has 4 heteroatoms. The second-order valence-corrected chi connectivity index (χ2v) is 4.47. The minimum Gasteiger partial charge on any atom is -0.348 e. The number of nitriles is 1. The molecule has 82 valence electrons. The zero-order valence-corrected chi connectivity index (χ0v) is 9.06. The summed E-state index contributed by atoms with van der Waals surface area (Å²) in [5, 5.41) is 12.3. The molecule has 0 amide bonds. The molecule has 2 saturated heterocycles. The van der Waals surface area contributed by atoms with Crippen molar-refractivity contribution in [2.45, 2.75) is 24.9 Å². The third-order valence-corrected chi connectivity index (χ3v) is 3.52. The van der Waals surface area contributed by atoms with E-state index in [0.717, 1.165) is 18.9 Å². The van der Waals surface area contributed by atoms with E-state index in [1.807, 2.05) is 6.07 Å². The molecule has 0 aromatic carbocycles. The Hall–Kier alpha value is -1.60. The monoisotopic (exact) mass is 214 g/mol. The lowest BCUT2D eigenvalue weighted by molar-refractivity contribution is 0.481. The summed E-state index contributed by atoms with van der Waals surface area (Å²) < 4.78 is 0. The van der Waals surface area contributed by atoms with Gasteiger partial charge in [0.2, 0.25) is 0 Å². The molecule has 1 aromatic heterocycles. The number of rotatable bonds is 1. The standard InChI is InChI=1S/C12H14N4/c13-6-9-3-4-15-12(5-9)16-10-1-2-11(16)8-14-7-10/h3-5,10-11,14H,1-2,7-8H2. The molecule has 0 radical (unpaired) electrons. The number of nitrogens with one attached hydrogen (secondary N) is 1. The van der Waals surface area contributed by atoms with Gasteiger partial charge < -0.3 is 10.2 Å². The largest absolute Gasteiger partial charge is 0.348 e. The van der Waals surface area contributed by atoms with E-state index >= 15 is 0 Å². The summed E-state index contributed by atoms with van der Waals surface area (Å²) in [6.45, 7) is 2.07. The average Bonchev–Trinajstić information content (AvgIpc) is 2.59. The Morgan fingerprint density at radius 2 is 2.12 bits per heavy atom. The molecule has 0 aliphatic carbocycles. The molecule has 0 saturated carbocycles. The molecular formula is C12H14N4. The van der Waals surface area contributed by atoms with Gasteiger partial charge in [-0.2, -0.15) is 5.26 Å². The van der Waals surface area contributed by atoms with E-state index in [9.17, 15) is 0 Å². The molecule has 2 aliphatic rings. The third kappa shape index (κ3) is 1.44. The molecule has 2 unspecified atom stereocenters. The number of aromatic nitrogens is 1. The molecule has 1 aromatic rings. The maximum Gasteiger partial charge on any atom is 0.130 e. The van der Waals surface area contributed by atoms with Crippen molar-refractivity contribution in [3.8, 4) is 6.07 Å². The topological polar surface area (TPSA) is 52.0 Å². The summed E-state index contributed by atoms with van der Waals surface area (Å²) in [4.78, 5) is 6.79. The van der Waals surface area contributed by atoms with Gasteiger partial charge in [0.1, 0.15) is 5.82 Å². The summed E-state index contributed by atoms with van der Waals surface area (Å²) >= 11 is 0. The molecule has 2 atom stereocenters. The van der Waals surface area contributed by atoms with E-state index in [0.29, 0.717) is 17.6 Å². The van der Waals surface area contributed by atoms with Crippen LogP contribution < -0.4 is 10.2 Å². The van der Waals surface area contributed by atoms with Crippen LogP contribution >= 0.6 is 0 Å². The molecule has 2 fully saturated rings. The number of anilines is 1. The molecule has 4 nitrogen and oxygen atoms in total. The average molecular weight is 214 g/mol. The summed E-state index contributed by atoms with van der Waals surface area (Å²) in [5.41, 5.74) is 0.697.